The summed E-state index contributed by atoms with van der Waals surface area (Å²) in [4.78, 5) is 0. The van der Waals surface area contributed by atoms with E-state index in [1.807, 2.05) is 0 Å². The average Bonchev–Trinajstić information content (AvgIpc) is 1.96. The predicted octanol–water partition coefficient (Wildman–Crippen LogP) is 5.04. The molecule has 0 nitrogen and oxygen atoms in total. The molecule has 1 aromatic rings. The molecule has 1 rings (SSSR count). The standard InChI is InChI=1S/C9H5Cl2F5/c10-5-1-4(3-9(14,15)16)2-6(11)7(5)8(12)13/h1-2,8H,3H2. The van der Waals surface area contributed by atoms with Crippen LogP contribution in [0.5, 0.6) is 0 Å². The van der Waals surface area contributed by atoms with Gasteiger partial charge in [-0.3, -0.25) is 0 Å². The monoisotopic (exact) mass is 278 g/mol. The lowest BCUT2D eigenvalue weighted by Gasteiger charge is -2.10. The van der Waals surface area contributed by atoms with E-state index in [-0.39, 0.29) is 5.56 Å². The highest BCUT2D eigenvalue weighted by Gasteiger charge is 2.29. The van der Waals surface area contributed by atoms with Gasteiger partial charge in [-0.05, 0) is 17.7 Å². The van der Waals surface area contributed by atoms with E-state index in [1.165, 1.54) is 0 Å². The van der Waals surface area contributed by atoms with Gasteiger partial charge in [0.05, 0.1) is 22.0 Å². The van der Waals surface area contributed by atoms with E-state index in [0.29, 0.717) is 0 Å². The highest BCUT2D eigenvalue weighted by molar-refractivity contribution is 6.36. The van der Waals surface area contributed by atoms with Crippen LogP contribution in [-0.4, -0.2) is 6.18 Å². The quantitative estimate of drug-likeness (QED) is 0.665. The van der Waals surface area contributed by atoms with Crippen molar-refractivity contribution in [2.75, 3.05) is 0 Å². The maximum Gasteiger partial charge on any atom is 0.393 e. The number of alkyl halides is 5. The zero-order valence-corrected chi connectivity index (χ0v) is 9.10. The molecule has 0 bridgehead atoms. The summed E-state index contributed by atoms with van der Waals surface area (Å²) in [6.45, 7) is 0. The minimum Gasteiger partial charge on any atom is -0.205 e. The van der Waals surface area contributed by atoms with Crippen LogP contribution < -0.4 is 0 Å². The number of benzene rings is 1. The maximum atomic E-state index is 12.4. The zero-order valence-electron chi connectivity index (χ0n) is 7.58. The molecule has 0 fully saturated rings. The van der Waals surface area contributed by atoms with Crippen molar-refractivity contribution in [1.82, 2.24) is 0 Å². The van der Waals surface area contributed by atoms with Crippen molar-refractivity contribution in [1.29, 1.82) is 0 Å². The fourth-order valence-corrected chi connectivity index (χ4v) is 1.88. The second-order valence-electron chi connectivity index (χ2n) is 3.07. The first kappa shape index (κ1) is 13.5. The van der Waals surface area contributed by atoms with Gasteiger partial charge in [-0.25, -0.2) is 8.78 Å². The molecular weight excluding hydrogens is 274 g/mol. The van der Waals surface area contributed by atoms with Crippen LogP contribution in [0, 0.1) is 0 Å². The number of hydrogen-bond donors (Lipinski definition) is 0. The Morgan fingerprint density at radius 2 is 1.50 bits per heavy atom. The molecule has 0 atom stereocenters. The van der Waals surface area contributed by atoms with E-state index in [4.69, 9.17) is 23.2 Å². The Morgan fingerprint density at radius 3 is 1.81 bits per heavy atom. The van der Waals surface area contributed by atoms with Crippen molar-refractivity contribution >= 4 is 23.2 Å². The highest BCUT2D eigenvalue weighted by atomic mass is 35.5. The third-order valence-electron chi connectivity index (χ3n) is 1.76. The van der Waals surface area contributed by atoms with Gasteiger partial charge < -0.3 is 0 Å². The Morgan fingerprint density at radius 1 is 1.06 bits per heavy atom. The lowest BCUT2D eigenvalue weighted by molar-refractivity contribution is -0.127. The second-order valence-corrected chi connectivity index (χ2v) is 3.88. The van der Waals surface area contributed by atoms with Gasteiger partial charge in [0, 0.05) is 0 Å². The molecule has 0 unspecified atom stereocenters. The van der Waals surface area contributed by atoms with Crippen LogP contribution in [0.25, 0.3) is 0 Å². The normalized spacial score (nSPS) is 12.2. The number of rotatable bonds is 2. The summed E-state index contributed by atoms with van der Waals surface area (Å²) in [7, 11) is 0. The van der Waals surface area contributed by atoms with E-state index in [9.17, 15) is 22.0 Å². The molecule has 0 aliphatic heterocycles. The lowest BCUT2D eigenvalue weighted by atomic mass is 10.1. The molecule has 0 saturated carbocycles. The van der Waals surface area contributed by atoms with Crippen molar-refractivity contribution in [3.8, 4) is 0 Å². The Bertz CT molecular complexity index is 363. The van der Waals surface area contributed by atoms with Gasteiger partial charge in [0.15, 0.2) is 0 Å². The van der Waals surface area contributed by atoms with Gasteiger partial charge in [0.2, 0.25) is 0 Å². The summed E-state index contributed by atoms with van der Waals surface area (Å²) in [6, 6.07) is 1.70. The van der Waals surface area contributed by atoms with Gasteiger partial charge in [-0.2, -0.15) is 13.2 Å². The molecule has 0 aliphatic carbocycles. The fraction of sp³-hybridized carbons (Fsp3) is 0.333. The Balaban J connectivity index is 3.10. The molecular formula is C9H5Cl2F5. The summed E-state index contributed by atoms with van der Waals surface area (Å²) in [6.07, 6.45) is -8.60. The lowest BCUT2D eigenvalue weighted by Crippen LogP contribution is -2.11. The summed E-state index contributed by atoms with van der Waals surface area (Å²) < 4.78 is 60.8. The molecule has 90 valence electrons. The molecule has 1 aromatic carbocycles. The topological polar surface area (TPSA) is 0 Å². The van der Waals surface area contributed by atoms with E-state index in [1.54, 1.807) is 0 Å². The minimum absolute atomic E-state index is 0.244. The van der Waals surface area contributed by atoms with E-state index in [2.05, 4.69) is 0 Å². The van der Waals surface area contributed by atoms with Crippen LogP contribution in [0.4, 0.5) is 22.0 Å². The van der Waals surface area contributed by atoms with Gasteiger partial charge in [-0.15, -0.1) is 0 Å². The zero-order chi connectivity index (χ0) is 12.5. The Kier molecular flexibility index (Phi) is 4.02. The van der Waals surface area contributed by atoms with Crippen LogP contribution in [0.1, 0.15) is 17.6 Å². The number of halogens is 7. The van der Waals surface area contributed by atoms with Crippen LogP contribution in [0.3, 0.4) is 0 Å². The highest BCUT2D eigenvalue weighted by Crippen LogP contribution is 2.35. The molecule has 0 aliphatic rings. The summed E-state index contributed by atoms with van der Waals surface area (Å²) in [5.74, 6) is 0. The molecule has 7 heteroatoms. The molecule has 0 amide bonds. The minimum atomic E-state index is -4.43. The fourth-order valence-electron chi connectivity index (χ4n) is 1.18. The summed E-state index contributed by atoms with van der Waals surface area (Å²) in [5.41, 5.74) is -0.888. The molecule has 0 radical (unpaired) electrons. The van der Waals surface area contributed by atoms with Gasteiger partial charge in [-0.1, -0.05) is 23.2 Å². The second kappa shape index (κ2) is 4.75. The molecule has 0 spiro atoms. The molecule has 0 aromatic heterocycles. The van der Waals surface area contributed by atoms with Crippen LogP contribution in [0.15, 0.2) is 12.1 Å². The van der Waals surface area contributed by atoms with Crippen LogP contribution >= 0.6 is 23.2 Å². The largest absolute Gasteiger partial charge is 0.393 e. The molecule has 0 heterocycles. The van der Waals surface area contributed by atoms with Crippen molar-refractivity contribution in [3.63, 3.8) is 0 Å². The first-order chi connectivity index (χ1) is 7.20. The van der Waals surface area contributed by atoms with Gasteiger partial charge in [0.25, 0.3) is 6.43 Å². The van der Waals surface area contributed by atoms with Crippen LogP contribution in [0.2, 0.25) is 10.0 Å². The Labute approximate surface area is 98.0 Å². The predicted molar refractivity (Wildman–Crippen MR) is 51.2 cm³/mol. The van der Waals surface area contributed by atoms with E-state index < -0.39 is 34.6 Å². The first-order valence-corrected chi connectivity index (χ1v) is 4.79. The van der Waals surface area contributed by atoms with E-state index in [0.717, 1.165) is 12.1 Å². The summed E-state index contributed by atoms with van der Waals surface area (Å²) in [5, 5.41) is -0.913. The average molecular weight is 279 g/mol. The van der Waals surface area contributed by atoms with Crippen LogP contribution in [-0.2, 0) is 6.42 Å². The van der Waals surface area contributed by atoms with Gasteiger partial charge in [0.1, 0.15) is 0 Å². The Hall–Kier alpha value is -0.550. The summed E-state index contributed by atoms with van der Waals surface area (Å²) >= 11 is 10.9. The van der Waals surface area contributed by atoms with Crippen molar-refractivity contribution < 1.29 is 22.0 Å². The first-order valence-electron chi connectivity index (χ1n) is 4.03. The molecule has 16 heavy (non-hydrogen) atoms. The molecule has 0 saturated heterocycles. The van der Waals surface area contributed by atoms with Gasteiger partial charge >= 0.3 is 6.18 Å². The van der Waals surface area contributed by atoms with Crippen molar-refractivity contribution in [2.24, 2.45) is 0 Å². The SMILES string of the molecule is FC(F)c1c(Cl)cc(CC(F)(F)F)cc1Cl. The van der Waals surface area contributed by atoms with Crippen molar-refractivity contribution in [3.05, 3.63) is 33.3 Å². The smallest absolute Gasteiger partial charge is 0.205 e. The third-order valence-corrected chi connectivity index (χ3v) is 2.39. The maximum absolute atomic E-state index is 12.4. The van der Waals surface area contributed by atoms with E-state index >= 15 is 0 Å². The number of hydrogen-bond acceptors (Lipinski definition) is 0. The van der Waals surface area contributed by atoms with Crippen molar-refractivity contribution in [2.45, 2.75) is 19.0 Å². The molecule has 0 N–H and O–H groups in total. The third kappa shape index (κ3) is 3.49.